The van der Waals surface area contributed by atoms with Gasteiger partial charge in [-0.1, -0.05) is 44.1 Å². The zero-order valence-corrected chi connectivity index (χ0v) is 7.19. The predicted molar refractivity (Wildman–Crippen MR) is 48.1 cm³/mol. The molecule has 0 saturated carbocycles. The molecule has 0 N–H and O–H groups in total. The van der Waals surface area contributed by atoms with Crippen molar-refractivity contribution in [2.24, 2.45) is 0 Å². The first kappa shape index (κ1) is 9.48. The molecular weight excluding hydrogens is 120 g/mol. The molecule has 0 saturated heterocycles. The van der Waals surface area contributed by atoms with Crippen molar-refractivity contribution >= 4 is 0 Å². The van der Waals surface area contributed by atoms with Gasteiger partial charge in [-0.05, 0) is 19.8 Å². The van der Waals surface area contributed by atoms with Gasteiger partial charge < -0.3 is 0 Å². The van der Waals surface area contributed by atoms with E-state index in [0.29, 0.717) is 0 Å². The van der Waals surface area contributed by atoms with E-state index in [1.165, 1.54) is 31.3 Å². The molecule has 58 valence electrons. The molecule has 0 nitrogen and oxygen atoms in total. The summed E-state index contributed by atoms with van der Waals surface area (Å²) in [6, 6.07) is 0. The molecule has 0 bridgehead atoms. The molecule has 0 heteroatoms. The average molecular weight is 138 g/mol. The summed E-state index contributed by atoms with van der Waals surface area (Å²) in [5.74, 6) is 0. The van der Waals surface area contributed by atoms with Crippen LogP contribution >= 0.6 is 0 Å². The fourth-order valence-corrected chi connectivity index (χ4v) is 0.807. The van der Waals surface area contributed by atoms with Gasteiger partial charge in [0.25, 0.3) is 0 Å². The standard InChI is InChI=1S/C10H18/c1-4-6-7-8-9-10(3)5-2/h5,9H,2,4,6-8H2,1,3H3/b10-9+. The summed E-state index contributed by atoms with van der Waals surface area (Å²) in [7, 11) is 0. The molecule has 0 aromatic heterocycles. The maximum absolute atomic E-state index is 3.69. The minimum absolute atomic E-state index is 1.21. The van der Waals surface area contributed by atoms with Gasteiger partial charge in [-0.25, -0.2) is 0 Å². The van der Waals surface area contributed by atoms with Crippen molar-refractivity contribution < 1.29 is 0 Å². The highest BCUT2D eigenvalue weighted by Gasteiger charge is 1.82. The Hall–Kier alpha value is -0.520. The summed E-state index contributed by atoms with van der Waals surface area (Å²) < 4.78 is 0. The van der Waals surface area contributed by atoms with Gasteiger partial charge in [-0.2, -0.15) is 0 Å². The molecule has 0 radical (unpaired) electrons. The second kappa shape index (κ2) is 6.60. The molecule has 0 aromatic carbocycles. The van der Waals surface area contributed by atoms with Gasteiger partial charge >= 0.3 is 0 Å². The Kier molecular flexibility index (Phi) is 6.25. The van der Waals surface area contributed by atoms with Crippen molar-refractivity contribution in [1.82, 2.24) is 0 Å². The van der Waals surface area contributed by atoms with Crippen molar-refractivity contribution in [1.29, 1.82) is 0 Å². The van der Waals surface area contributed by atoms with E-state index in [2.05, 4.69) is 26.5 Å². The highest BCUT2D eigenvalue weighted by Crippen LogP contribution is 2.03. The molecule has 0 amide bonds. The van der Waals surface area contributed by atoms with E-state index in [-0.39, 0.29) is 0 Å². The van der Waals surface area contributed by atoms with Crippen molar-refractivity contribution in [2.45, 2.75) is 39.5 Å². The number of rotatable bonds is 5. The lowest BCUT2D eigenvalue weighted by atomic mass is 10.1. The fourth-order valence-electron chi connectivity index (χ4n) is 0.807. The van der Waals surface area contributed by atoms with Crippen molar-refractivity contribution in [3.8, 4) is 0 Å². The smallest absolute Gasteiger partial charge is 0.0345 e. The van der Waals surface area contributed by atoms with Crippen LogP contribution in [0.25, 0.3) is 0 Å². The molecule has 0 aliphatic heterocycles. The lowest BCUT2D eigenvalue weighted by molar-refractivity contribution is 0.728. The molecule has 0 aliphatic carbocycles. The Balaban J connectivity index is 3.24. The van der Waals surface area contributed by atoms with Crippen molar-refractivity contribution in [3.05, 3.63) is 24.3 Å². The summed E-state index contributed by atoms with van der Waals surface area (Å²) >= 11 is 0. The number of hydrogen-bond acceptors (Lipinski definition) is 0. The Morgan fingerprint density at radius 1 is 1.40 bits per heavy atom. The highest BCUT2D eigenvalue weighted by molar-refractivity contribution is 5.12. The minimum atomic E-state index is 1.21. The van der Waals surface area contributed by atoms with Crippen LogP contribution in [0.15, 0.2) is 24.3 Å². The van der Waals surface area contributed by atoms with Gasteiger partial charge in [0.15, 0.2) is 0 Å². The predicted octanol–water partition coefficient (Wildman–Crippen LogP) is 3.70. The van der Waals surface area contributed by atoms with Crippen LogP contribution in [-0.2, 0) is 0 Å². The Bertz CT molecular complexity index is 109. The maximum atomic E-state index is 3.69. The van der Waals surface area contributed by atoms with Gasteiger partial charge in [-0.15, -0.1) is 0 Å². The zero-order valence-electron chi connectivity index (χ0n) is 7.19. The molecule has 10 heavy (non-hydrogen) atoms. The number of hydrogen-bond donors (Lipinski definition) is 0. The van der Waals surface area contributed by atoms with Crippen LogP contribution in [-0.4, -0.2) is 0 Å². The molecule has 0 heterocycles. The Morgan fingerprint density at radius 3 is 2.60 bits per heavy atom. The summed E-state index contributed by atoms with van der Waals surface area (Å²) in [6.45, 7) is 8.01. The normalized spacial score (nSPS) is 11.6. The van der Waals surface area contributed by atoms with E-state index in [1.807, 2.05) is 6.08 Å². The summed E-state index contributed by atoms with van der Waals surface area (Å²) in [5.41, 5.74) is 1.30. The molecule has 0 fully saturated rings. The SMILES string of the molecule is C=C/C(C)=C/CCCCC. The average Bonchev–Trinajstić information content (AvgIpc) is 1.98. The van der Waals surface area contributed by atoms with E-state index in [1.54, 1.807) is 0 Å². The van der Waals surface area contributed by atoms with Crippen LogP contribution in [0.3, 0.4) is 0 Å². The van der Waals surface area contributed by atoms with Crippen LogP contribution in [0.4, 0.5) is 0 Å². The second-order valence-electron chi connectivity index (χ2n) is 2.65. The molecule has 0 spiro atoms. The van der Waals surface area contributed by atoms with Crippen molar-refractivity contribution in [3.63, 3.8) is 0 Å². The Morgan fingerprint density at radius 2 is 2.10 bits per heavy atom. The summed E-state index contributed by atoms with van der Waals surface area (Å²) in [6.07, 6.45) is 9.35. The molecule has 0 unspecified atom stereocenters. The van der Waals surface area contributed by atoms with Gasteiger partial charge in [0, 0.05) is 0 Å². The Labute approximate surface area is 64.6 Å². The minimum Gasteiger partial charge on any atom is -0.0988 e. The van der Waals surface area contributed by atoms with Gasteiger partial charge in [0.1, 0.15) is 0 Å². The first-order valence-corrected chi connectivity index (χ1v) is 4.10. The van der Waals surface area contributed by atoms with Crippen LogP contribution in [0, 0.1) is 0 Å². The monoisotopic (exact) mass is 138 g/mol. The van der Waals surface area contributed by atoms with Crippen molar-refractivity contribution in [2.75, 3.05) is 0 Å². The first-order valence-electron chi connectivity index (χ1n) is 4.10. The largest absolute Gasteiger partial charge is 0.0988 e. The topological polar surface area (TPSA) is 0 Å². The summed E-state index contributed by atoms with van der Waals surface area (Å²) in [4.78, 5) is 0. The third kappa shape index (κ3) is 5.61. The van der Waals surface area contributed by atoms with E-state index in [9.17, 15) is 0 Å². The quantitative estimate of drug-likeness (QED) is 0.401. The third-order valence-electron chi connectivity index (χ3n) is 1.60. The number of unbranched alkanes of at least 4 members (excludes halogenated alkanes) is 3. The highest BCUT2D eigenvalue weighted by atomic mass is 13.9. The molecular formula is C10H18. The fraction of sp³-hybridized carbons (Fsp3) is 0.600. The van der Waals surface area contributed by atoms with Gasteiger partial charge in [0.2, 0.25) is 0 Å². The summed E-state index contributed by atoms with van der Waals surface area (Å²) in [5, 5.41) is 0. The lowest BCUT2D eigenvalue weighted by Gasteiger charge is -1.93. The molecule has 0 atom stereocenters. The number of allylic oxidation sites excluding steroid dienone is 3. The van der Waals surface area contributed by atoms with E-state index < -0.39 is 0 Å². The lowest BCUT2D eigenvalue weighted by Crippen LogP contribution is -1.72. The first-order chi connectivity index (χ1) is 4.81. The van der Waals surface area contributed by atoms with Gasteiger partial charge in [-0.3, -0.25) is 0 Å². The second-order valence-corrected chi connectivity index (χ2v) is 2.65. The van der Waals surface area contributed by atoms with Crippen LogP contribution in [0.2, 0.25) is 0 Å². The van der Waals surface area contributed by atoms with E-state index in [0.717, 1.165) is 0 Å². The van der Waals surface area contributed by atoms with E-state index in [4.69, 9.17) is 0 Å². The van der Waals surface area contributed by atoms with E-state index >= 15 is 0 Å². The molecule has 0 rings (SSSR count). The van der Waals surface area contributed by atoms with Crippen LogP contribution in [0.5, 0.6) is 0 Å². The third-order valence-corrected chi connectivity index (χ3v) is 1.60. The maximum Gasteiger partial charge on any atom is -0.0345 e. The molecule has 0 aromatic rings. The van der Waals surface area contributed by atoms with Crippen LogP contribution in [0.1, 0.15) is 39.5 Å². The van der Waals surface area contributed by atoms with Crippen LogP contribution < -0.4 is 0 Å². The molecule has 0 aliphatic rings. The van der Waals surface area contributed by atoms with Gasteiger partial charge in [0.05, 0.1) is 0 Å². The zero-order chi connectivity index (χ0) is 7.82.